The van der Waals surface area contributed by atoms with Gasteiger partial charge in [-0.25, -0.2) is 4.98 Å². The molecule has 0 saturated heterocycles. The molecule has 8 nitrogen and oxygen atoms in total. The summed E-state index contributed by atoms with van der Waals surface area (Å²) in [4.78, 5) is 32.0. The Balaban J connectivity index is 1.46. The van der Waals surface area contributed by atoms with E-state index in [4.69, 9.17) is 19.5 Å². The molecule has 0 fully saturated rings. The van der Waals surface area contributed by atoms with Gasteiger partial charge in [-0.3, -0.25) is 19.9 Å². The van der Waals surface area contributed by atoms with Crippen LogP contribution in [-0.4, -0.2) is 55.0 Å². The van der Waals surface area contributed by atoms with Gasteiger partial charge in [-0.1, -0.05) is 57.2 Å². The summed E-state index contributed by atoms with van der Waals surface area (Å²) < 4.78 is 13.9. The van der Waals surface area contributed by atoms with Crippen molar-refractivity contribution in [2.75, 3.05) is 6.54 Å². The number of aryl methyl sites for hydroxylation is 1. The number of aromatic nitrogens is 2. The summed E-state index contributed by atoms with van der Waals surface area (Å²) >= 11 is 0. The maximum Gasteiger partial charge on any atom is 0.346 e. The van der Waals surface area contributed by atoms with E-state index in [1.165, 1.54) is 4.90 Å². The van der Waals surface area contributed by atoms with Crippen molar-refractivity contribution in [1.29, 1.82) is 5.41 Å². The lowest BCUT2D eigenvalue weighted by molar-refractivity contribution is 0.0651. The lowest BCUT2D eigenvalue weighted by Crippen LogP contribution is -2.41. The van der Waals surface area contributed by atoms with Crippen molar-refractivity contribution < 1.29 is 18.7 Å². The van der Waals surface area contributed by atoms with Crippen LogP contribution in [0.4, 0.5) is 0 Å². The standard InChI is InChI=1S/C30H39BN4O4Si/c1-20(39-40(6,7)30(2,3)4)27-33-26(18-34(27)5)22-14-12-21(13-15-22)16-23(31-38-19-32)17-35-28(36)24-10-8-9-11-25(24)29(35)37/h8-15,18-20,23,31-32H,16-17H2,1-7H3. The molecule has 4 rings (SSSR count). The van der Waals surface area contributed by atoms with Crippen LogP contribution in [0.3, 0.4) is 0 Å². The third-order valence-electron chi connectivity index (χ3n) is 8.06. The fourth-order valence-electron chi connectivity index (χ4n) is 4.84. The molecule has 0 saturated carbocycles. The molecule has 0 bridgehead atoms. The number of carbonyl (C=O) groups excluding carboxylic acids is 2. The maximum absolute atomic E-state index is 12.9. The van der Waals surface area contributed by atoms with E-state index in [1.807, 2.05) is 42.1 Å². The van der Waals surface area contributed by atoms with E-state index in [1.54, 1.807) is 24.3 Å². The number of hydrogen-bond donors (Lipinski definition) is 1. The van der Waals surface area contributed by atoms with Crippen LogP contribution in [0.15, 0.2) is 54.7 Å². The molecule has 2 heterocycles. The van der Waals surface area contributed by atoms with Gasteiger partial charge in [0.15, 0.2) is 8.32 Å². The molecule has 0 spiro atoms. The van der Waals surface area contributed by atoms with Crippen molar-refractivity contribution >= 4 is 34.0 Å². The molecule has 0 aliphatic carbocycles. The zero-order chi connectivity index (χ0) is 29.2. The molecular weight excluding hydrogens is 519 g/mol. The van der Waals surface area contributed by atoms with Crippen molar-refractivity contribution in [3.63, 3.8) is 0 Å². The Morgan fingerprint density at radius 3 is 2.20 bits per heavy atom. The Kier molecular flexibility index (Phi) is 8.51. The normalized spacial score (nSPS) is 15.1. The molecule has 1 aromatic heterocycles. The number of fused-ring (bicyclic) bond motifs is 1. The third-order valence-corrected chi connectivity index (χ3v) is 12.6. The molecular formula is C30H39BN4O4Si. The summed E-state index contributed by atoms with van der Waals surface area (Å²) in [5.74, 6) is 0.167. The zero-order valence-corrected chi connectivity index (χ0v) is 25.5. The monoisotopic (exact) mass is 558 g/mol. The molecule has 2 atom stereocenters. The Bertz CT molecular complexity index is 1360. The van der Waals surface area contributed by atoms with Crippen molar-refractivity contribution in [2.45, 2.75) is 64.2 Å². The van der Waals surface area contributed by atoms with E-state index in [9.17, 15) is 9.59 Å². The summed E-state index contributed by atoms with van der Waals surface area (Å²) in [6.07, 6.45) is 3.40. The first-order valence-electron chi connectivity index (χ1n) is 13.7. The van der Waals surface area contributed by atoms with Gasteiger partial charge in [0.1, 0.15) is 18.3 Å². The Labute approximate surface area is 238 Å². The van der Waals surface area contributed by atoms with Gasteiger partial charge in [-0.2, -0.15) is 0 Å². The van der Waals surface area contributed by atoms with Crippen molar-refractivity contribution in [3.05, 3.63) is 77.2 Å². The number of amides is 2. The average molecular weight is 559 g/mol. The molecule has 2 aromatic carbocycles. The smallest absolute Gasteiger partial charge is 0.346 e. The molecule has 0 radical (unpaired) electrons. The Hall–Kier alpha value is -3.50. The van der Waals surface area contributed by atoms with Crippen LogP contribution in [-0.2, 0) is 22.5 Å². The molecule has 10 heteroatoms. The summed E-state index contributed by atoms with van der Waals surface area (Å²) in [5.41, 5.74) is 3.79. The molecule has 40 heavy (non-hydrogen) atoms. The van der Waals surface area contributed by atoms with Crippen LogP contribution < -0.4 is 0 Å². The van der Waals surface area contributed by atoms with Crippen molar-refractivity contribution in [1.82, 2.24) is 14.5 Å². The first kappa shape index (κ1) is 29.5. The number of benzene rings is 2. The summed E-state index contributed by atoms with van der Waals surface area (Å²) in [6, 6.07) is 15.0. The van der Waals surface area contributed by atoms with Crippen LogP contribution >= 0.6 is 0 Å². The predicted molar refractivity (Wildman–Crippen MR) is 162 cm³/mol. The second kappa shape index (κ2) is 11.5. The molecule has 2 amide bonds. The number of imidazole rings is 1. The maximum atomic E-state index is 12.9. The van der Waals surface area contributed by atoms with Gasteiger partial charge in [0.25, 0.3) is 11.8 Å². The van der Waals surface area contributed by atoms with Gasteiger partial charge in [0.2, 0.25) is 0 Å². The summed E-state index contributed by atoms with van der Waals surface area (Å²) in [7, 11) is 0.289. The number of nitrogens with zero attached hydrogens (tertiary/aromatic N) is 3. The number of nitrogens with one attached hydrogen (secondary N) is 1. The van der Waals surface area contributed by atoms with E-state index in [2.05, 4.69) is 40.8 Å². The van der Waals surface area contributed by atoms with E-state index in [-0.39, 0.29) is 42.8 Å². The second-order valence-electron chi connectivity index (χ2n) is 12.1. The van der Waals surface area contributed by atoms with Gasteiger partial charge < -0.3 is 13.6 Å². The van der Waals surface area contributed by atoms with Gasteiger partial charge in [0.05, 0.1) is 16.8 Å². The minimum Gasteiger partial charge on any atom is -0.557 e. The predicted octanol–water partition coefficient (Wildman–Crippen LogP) is 5.77. The first-order valence-corrected chi connectivity index (χ1v) is 16.6. The van der Waals surface area contributed by atoms with E-state index in [0.717, 1.165) is 29.0 Å². The summed E-state index contributed by atoms with van der Waals surface area (Å²) in [6.45, 7) is 13.5. The van der Waals surface area contributed by atoms with E-state index in [0.29, 0.717) is 17.5 Å². The van der Waals surface area contributed by atoms with E-state index >= 15 is 0 Å². The fraction of sp³-hybridized carbons (Fsp3) is 0.400. The van der Waals surface area contributed by atoms with Gasteiger partial charge in [0, 0.05) is 25.4 Å². The lowest BCUT2D eigenvalue weighted by atomic mass is 9.75. The van der Waals surface area contributed by atoms with Crippen molar-refractivity contribution in [3.8, 4) is 11.3 Å². The number of carbonyl (C=O) groups is 2. The average Bonchev–Trinajstić information content (AvgIpc) is 3.40. The number of rotatable bonds is 11. The highest BCUT2D eigenvalue weighted by Gasteiger charge is 2.39. The van der Waals surface area contributed by atoms with Crippen LogP contribution in [0.1, 0.15) is 65.9 Å². The van der Waals surface area contributed by atoms with Crippen LogP contribution in [0.25, 0.3) is 11.3 Å². The van der Waals surface area contributed by atoms with Crippen LogP contribution in [0.5, 0.6) is 0 Å². The highest BCUT2D eigenvalue weighted by Crippen LogP contribution is 2.39. The number of imide groups is 1. The molecule has 3 aromatic rings. The van der Waals surface area contributed by atoms with E-state index < -0.39 is 8.32 Å². The molecule has 210 valence electrons. The van der Waals surface area contributed by atoms with Gasteiger partial charge in [-0.05, 0) is 55.0 Å². The summed E-state index contributed by atoms with van der Waals surface area (Å²) in [5, 5.41) is 7.40. The quantitative estimate of drug-likeness (QED) is 0.139. The Morgan fingerprint density at radius 2 is 1.65 bits per heavy atom. The van der Waals surface area contributed by atoms with Gasteiger partial charge >= 0.3 is 7.48 Å². The fourth-order valence-corrected chi connectivity index (χ4v) is 6.18. The van der Waals surface area contributed by atoms with Crippen LogP contribution in [0.2, 0.25) is 23.9 Å². The first-order chi connectivity index (χ1) is 18.8. The molecule has 2 unspecified atom stereocenters. The Morgan fingerprint density at radius 1 is 1.05 bits per heavy atom. The largest absolute Gasteiger partial charge is 0.557 e. The highest BCUT2D eigenvalue weighted by atomic mass is 28.4. The minimum absolute atomic E-state index is 0.115. The molecule has 1 aliphatic heterocycles. The molecule has 1 N–H and O–H groups in total. The second-order valence-corrected chi connectivity index (χ2v) is 16.9. The topological polar surface area (TPSA) is 97.5 Å². The van der Waals surface area contributed by atoms with Crippen molar-refractivity contribution in [2.24, 2.45) is 7.05 Å². The molecule has 1 aliphatic rings. The SMILES string of the molecule is CC(O[Si](C)(C)C(C)(C)C)c1nc(-c2ccc(CC(BOC=N)CN3C(=O)c4ccccc4C3=O)cc2)cn1C. The number of hydrogen-bond acceptors (Lipinski definition) is 6. The third kappa shape index (κ3) is 6.13. The zero-order valence-electron chi connectivity index (χ0n) is 24.5. The highest BCUT2D eigenvalue weighted by molar-refractivity contribution is 6.74. The van der Waals surface area contributed by atoms with Gasteiger partial charge in [-0.15, -0.1) is 0 Å². The minimum atomic E-state index is -1.94. The van der Waals surface area contributed by atoms with Crippen LogP contribution in [0, 0.1) is 5.41 Å². The lowest BCUT2D eigenvalue weighted by Gasteiger charge is -2.38.